The summed E-state index contributed by atoms with van der Waals surface area (Å²) in [4.78, 5) is 12.0. The molecule has 0 spiro atoms. The van der Waals surface area contributed by atoms with Crippen molar-refractivity contribution >= 4 is 11.6 Å². The Balaban J connectivity index is 2.03. The Morgan fingerprint density at radius 2 is 1.79 bits per heavy atom. The van der Waals surface area contributed by atoms with Crippen LogP contribution in [0, 0.1) is 5.82 Å². The Bertz CT molecular complexity index is 569. The largest absolute Gasteiger partial charge is 0.348 e. The molecule has 0 heterocycles. The molecule has 0 atom stereocenters. The second kappa shape index (κ2) is 5.97. The molecular formula is C14H14FN3O. The Morgan fingerprint density at radius 1 is 1.11 bits per heavy atom. The lowest BCUT2D eigenvalue weighted by atomic mass is 10.1. The third-order valence-electron chi connectivity index (χ3n) is 2.69. The van der Waals surface area contributed by atoms with Gasteiger partial charge in [-0.25, -0.2) is 4.39 Å². The maximum atomic E-state index is 12.7. The third kappa shape index (κ3) is 3.29. The maximum absolute atomic E-state index is 12.7. The average Bonchev–Trinajstić information content (AvgIpc) is 2.46. The molecule has 19 heavy (non-hydrogen) atoms. The molecule has 2 rings (SSSR count). The van der Waals surface area contributed by atoms with E-state index < -0.39 is 0 Å². The number of hydrazine groups is 1. The molecule has 0 fully saturated rings. The van der Waals surface area contributed by atoms with Crippen molar-refractivity contribution in [1.82, 2.24) is 5.32 Å². The molecule has 0 unspecified atom stereocenters. The van der Waals surface area contributed by atoms with Crippen LogP contribution in [0.5, 0.6) is 0 Å². The first-order chi connectivity index (χ1) is 9.20. The number of anilines is 1. The number of hydrogen-bond donors (Lipinski definition) is 3. The van der Waals surface area contributed by atoms with Crippen molar-refractivity contribution in [3.05, 3.63) is 65.5 Å². The predicted octanol–water partition coefficient (Wildman–Crippen LogP) is 2.04. The van der Waals surface area contributed by atoms with E-state index in [-0.39, 0.29) is 11.7 Å². The highest BCUT2D eigenvalue weighted by Crippen LogP contribution is 2.13. The molecule has 98 valence electrons. The second-order valence-corrected chi connectivity index (χ2v) is 4.00. The van der Waals surface area contributed by atoms with Gasteiger partial charge in [-0.3, -0.25) is 10.6 Å². The van der Waals surface area contributed by atoms with Gasteiger partial charge in [-0.05, 0) is 29.8 Å². The standard InChI is InChI=1S/C14H14FN3O/c15-11-7-5-10(6-8-11)9-17-14(19)12-3-1-2-4-13(12)18-16/h1-8,18H,9,16H2,(H,17,19). The van der Waals surface area contributed by atoms with Gasteiger partial charge in [0.15, 0.2) is 0 Å². The first-order valence-corrected chi connectivity index (χ1v) is 5.79. The van der Waals surface area contributed by atoms with Crippen molar-refractivity contribution < 1.29 is 9.18 Å². The van der Waals surface area contributed by atoms with Gasteiger partial charge in [-0.1, -0.05) is 24.3 Å². The molecule has 0 aromatic heterocycles. The van der Waals surface area contributed by atoms with E-state index in [0.29, 0.717) is 17.8 Å². The molecule has 0 aliphatic heterocycles. The van der Waals surface area contributed by atoms with Gasteiger partial charge in [-0.2, -0.15) is 0 Å². The minimum atomic E-state index is -0.298. The van der Waals surface area contributed by atoms with Crippen LogP contribution in [0.3, 0.4) is 0 Å². The number of nitrogen functional groups attached to an aromatic ring is 1. The highest BCUT2D eigenvalue weighted by atomic mass is 19.1. The predicted molar refractivity (Wildman–Crippen MR) is 71.8 cm³/mol. The quantitative estimate of drug-likeness (QED) is 0.581. The number of nitrogens with two attached hydrogens (primary N) is 1. The lowest BCUT2D eigenvalue weighted by molar-refractivity contribution is 0.0951. The van der Waals surface area contributed by atoms with Crippen molar-refractivity contribution in [2.24, 2.45) is 5.84 Å². The summed E-state index contributed by atoms with van der Waals surface area (Å²) in [5.41, 5.74) is 4.32. The summed E-state index contributed by atoms with van der Waals surface area (Å²) < 4.78 is 12.7. The smallest absolute Gasteiger partial charge is 0.253 e. The van der Waals surface area contributed by atoms with E-state index in [4.69, 9.17) is 5.84 Å². The third-order valence-corrected chi connectivity index (χ3v) is 2.69. The molecule has 1 amide bonds. The number of carbonyl (C=O) groups excluding carboxylic acids is 1. The Kier molecular flexibility index (Phi) is 4.10. The normalized spacial score (nSPS) is 10.0. The highest BCUT2D eigenvalue weighted by Gasteiger charge is 2.09. The number of benzene rings is 2. The Hall–Kier alpha value is -2.40. The SMILES string of the molecule is NNc1ccccc1C(=O)NCc1ccc(F)cc1. The van der Waals surface area contributed by atoms with Crippen LogP contribution in [-0.4, -0.2) is 5.91 Å². The lowest BCUT2D eigenvalue weighted by Gasteiger charge is -2.09. The van der Waals surface area contributed by atoms with Crippen molar-refractivity contribution in [1.29, 1.82) is 0 Å². The van der Waals surface area contributed by atoms with Crippen LogP contribution in [-0.2, 0) is 6.54 Å². The number of nitrogens with one attached hydrogen (secondary N) is 2. The van der Waals surface area contributed by atoms with Gasteiger partial charge in [0.1, 0.15) is 5.82 Å². The van der Waals surface area contributed by atoms with Crippen LogP contribution in [0.4, 0.5) is 10.1 Å². The number of para-hydroxylation sites is 1. The van der Waals surface area contributed by atoms with Gasteiger partial charge in [0, 0.05) is 6.54 Å². The van der Waals surface area contributed by atoms with Crippen LogP contribution >= 0.6 is 0 Å². The molecule has 2 aromatic carbocycles. The molecule has 5 heteroatoms. The van der Waals surface area contributed by atoms with Crippen molar-refractivity contribution in [3.63, 3.8) is 0 Å². The fraction of sp³-hybridized carbons (Fsp3) is 0.0714. The monoisotopic (exact) mass is 259 g/mol. The van der Waals surface area contributed by atoms with E-state index in [1.54, 1.807) is 36.4 Å². The number of rotatable bonds is 4. The van der Waals surface area contributed by atoms with Crippen LogP contribution < -0.4 is 16.6 Å². The van der Waals surface area contributed by atoms with Crippen molar-refractivity contribution in [2.45, 2.75) is 6.54 Å². The van der Waals surface area contributed by atoms with E-state index in [9.17, 15) is 9.18 Å². The van der Waals surface area contributed by atoms with Gasteiger partial charge in [0.2, 0.25) is 0 Å². The van der Waals surface area contributed by atoms with Crippen LogP contribution in [0.1, 0.15) is 15.9 Å². The van der Waals surface area contributed by atoms with Gasteiger partial charge >= 0.3 is 0 Å². The maximum Gasteiger partial charge on any atom is 0.253 e. The van der Waals surface area contributed by atoms with Gasteiger partial charge in [0.05, 0.1) is 11.3 Å². The van der Waals surface area contributed by atoms with Crippen molar-refractivity contribution in [2.75, 3.05) is 5.43 Å². The van der Waals surface area contributed by atoms with E-state index in [1.807, 2.05) is 0 Å². The Morgan fingerprint density at radius 3 is 2.47 bits per heavy atom. The van der Waals surface area contributed by atoms with Gasteiger partial charge in [0.25, 0.3) is 5.91 Å². The van der Waals surface area contributed by atoms with Crippen LogP contribution in [0.15, 0.2) is 48.5 Å². The zero-order chi connectivity index (χ0) is 13.7. The van der Waals surface area contributed by atoms with E-state index in [1.165, 1.54) is 12.1 Å². The number of amides is 1. The van der Waals surface area contributed by atoms with Crippen LogP contribution in [0.25, 0.3) is 0 Å². The summed E-state index contributed by atoms with van der Waals surface area (Å²) in [7, 11) is 0. The number of hydrogen-bond acceptors (Lipinski definition) is 3. The zero-order valence-electron chi connectivity index (χ0n) is 10.2. The average molecular weight is 259 g/mol. The molecule has 2 aromatic rings. The van der Waals surface area contributed by atoms with Crippen molar-refractivity contribution in [3.8, 4) is 0 Å². The summed E-state index contributed by atoms with van der Waals surface area (Å²) in [6.07, 6.45) is 0. The molecule has 4 N–H and O–H groups in total. The lowest BCUT2D eigenvalue weighted by Crippen LogP contribution is -2.24. The molecule has 4 nitrogen and oxygen atoms in total. The summed E-state index contributed by atoms with van der Waals surface area (Å²) in [6.45, 7) is 0.331. The fourth-order valence-corrected chi connectivity index (χ4v) is 1.69. The minimum absolute atomic E-state index is 0.238. The summed E-state index contributed by atoms with van der Waals surface area (Å²) in [5, 5.41) is 2.75. The number of carbonyl (C=O) groups is 1. The minimum Gasteiger partial charge on any atom is -0.348 e. The Labute approximate surface area is 110 Å². The summed E-state index contributed by atoms with van der Waals surface area (Å²) in [5.74, 6) is 4.80. The molecule has 0 bridgehead atoms. The topological polar surface area (TPSA) is 67.1 Å². The molecule has 0 saturated carbocycles. The number of halogens is 1. The first kappa shape index (κ1) is 13.0. The van der Waals surface area contributed by atoms with Crippen LogP contribution in [0.2, 0.25) is 0 Å². The molecule has 0 aliphatic carbocycles. The van der Waals surface area contributed by atoms with Gasteiger partial charge < -0.3 is 10.7 Å². The zero-order valence-corrected chi connectivity index (χ0v) is 10.2. The molecule has 0 saturated heterocycles. The summed E-state index contributed by atoms with van der Waals surface area (Å²) >= 11 is 0. The molecule has 0 radical (unpaired) electrons. The van der Waals surface area contributed by atoms with Gasteiger partial charge in [-0.15, -0.1) is 0 Å². The summed E-state index contributed by atoms with van der Waals surface area (Å²) in [6, 6.07) is 12.9. The second-order valence-electron chi connectivity index (χ2n) is 4.00. The fourth-order valence-electron chi connectivity index (χ4n) is 1.69. The highest BCUT2D eigenvalue weighted by molar-refractivity contribution is 5.99. The van der Waals surface area contributed by atoms with E-state index in [0.717, 1.165) is 5.56 Å². The molecular weight excluding hydrogens is 245 g/mol. The van der Waals surface area contributed by atoms with E-state index >= 15 is 0 Å². The van der Waals surface area contributed by atoms with E-state index in [2.05, 4.69) is 10.7 Å². The molecule has 0 aliphatic rings. The first-order valence-electron chi connectivity index (χ1n) is 5.79.